The minimum atomic E-state index is -0.184. The minimum absolute atomic E-state index is 0.184. The maximum Gasteiger partial charge on any atom is 0.141 e. The third kappa shape index (κ3) is 2.57. The molecule has 1 atom stereocenters. The molecule has 2 nitrogen and oxygen atoms in total. The summed E-state index contributed by atoms with van der Waals surface area (Å²) in [5, 5.41) is 2.93. The van der Waals surface area contributed by atoms with E-state index in [9.17, 15) is 4.79 Å². The molecule has 0 fully saturated rings. The van der Waals surface area contributed by atoms with E-state index in [0.29, 0.717) is 0 Å². The standard InChI is InChI=1S/C10H13NOS/c1-11-10(7-12)8-3-5-9(13-2)6-4-8/h3-7,10-11H,1-2H3. The molecule has 13 heavy (non-hydrogen) atoms. The predicted octanol–water partition coefficient (Wildman–Crippen LogP) is 1.87. The van der Waals surface area contributed by atoms with Crippen LogP contribution in [0.3, 0.4) is 0 Å². The fourth-order valence-corrected chi connectivity index (χ4v) is 1.53. The maximum atomic E-state index is 10.6. The van der Waals surface area contributed by atoms with Gasteiger partial charge in [0.25, 0.3) is 0 Å². The summed E-state index contributed by atoms with van der Waals surface area (Å²) in [6.45, 7) is 0. The number of carbonyl (C=O) groups excluding carboxylic acids is 1. The highest BCUT2D eigenvalue weighted by molar-refractivity contribution is 7.98. The molecule has 1 rings (SSSR count). The summed E-state index contributed by atoms with van der Waals surface area (Å²) in [6.07, 6.45) is 2.94. The topological polar surface area (TPSA) is 29.1 Å². The summed E-state index contributed by atoms with van der Waals surface area (Å²) in [6, 6.07) is 7.81. The van der Waals surface area contributed by atoms with E-state index in [2.05, 4.69) is 5.32 Å². The van der Waals surface area contributed by atoms with Crippen molar-refractivity contribution in [3.05, 3.63) is 29.8 Å². The molecule has 0 saturated heterocycles. The molecule has 0 spiro atoms. The van der Waals surface area contributed by atoms with Crippen LogP contribution in [0, 0.1) is 0 Å². The van der Waals surface area contributed by atoms with Gasteiger partial charge in [-0.25, -0.2) is 0 Å². The van der Waals surface area contributed by atoms with E-state index in [4.69, 9.17) is 0 Å². The zero-order valence-electron chi connectivity index (χ0n) is 7.78. The molecule has 0 saturated carbocycles. The molecular formula is C10H13NOS. The molecule has 0 amide bonds. The molecule has 0 aliphatic rings. The summed E-state index contributed by atoms with van der Waals surface area (Å²) >= 11 is 1.70. The molecule has 70 valence electrons. The Hall–Kier alpha value is -0.800. The molecular weight excluding hydrogens is 182 g/mol. The Bertz CT molecular complexity index is 271. The van der Waals surface area contributed by atoms with Crippen molar-refractivity contribution in [2.75, 3.05) is 13.3 Å². The van der Waals surface area contributed by atoms with Crippen LogP contribution in [0.15, 0.2) is 29.2 Å². The van der Waals surface area contributed by atoms with E-state index in [-0.39, 0.29) is 6.04 Å². The number of benzene rings is 1. The molecule has 1 aromatic carbocycles. The molecule has 0 radical (unpaired) electrons. The molecule has 1 aromatic rings. The van der Waals surface area contributed by atoms with Gasteiger partial charge < -0.3 is 10.1 Å². The number of thioether (sulfide) groups is 1. The molecule has 3 heteroatoms. The van der Waals surface area contributed by atoms with Crippen molar-refractivity contribution in [1.82, 2.24) is 5.32 Å². The van der Waals surface area contributed by atoms with Crippen molar-refractivity contribution in [3.8, 4) is 0 Å². The second kappa shape index (κ2) is 5.04. The molecule has 0 heterocycles. The van der Waals surface area contributed by atoms with Crippen molar-refractivity contribution < 1.29 is 4.79 Å². The second-order valence-electron chi connectivity index (χ2n) is 2.68. The van der Waals surface area contributed by atoms with Crippen molar-refractivity contribution in [2.45, 2.75) is 10.9 Å². The highest BCUT2D eigenvalue weighted by Gasteiger charge is 2.05. The predicted molar refractivity (Wildman–Crippen MR) is 56.1 cm³/mol. The van der Waals surface area contributed by atoms with Gasteiger partial charge in [-0.1, -0.05) is 12.1 Å². The number of likely N-dealkylation sites (N-methyl/N-ethyl adjacent to an activating group) is 1. The molecule has 0 aliphatic carbocycles. The summed E-state index contributed by atoms with van der Waals surface area (Å²) in [7, 11) is 1.78. The van der Waals surface area contributed by atoms with E-state index in [1.165, 1.54) is 4.90 Å². The van der Waals surface area contributed by atoms with Crippen LogP contribution in [-0.4, -0.2) is 19.6 Å². The third-order valence-electron chi connectivity index (χ3n) is 1.92. The first-order valence-electron chi connectivity index (χ1n) is 4.08. The zero-order valence-corrected chi connectivity index (χ0v) is 8.60. The van der Waals surface area contributed by atoms with Crippen LogP contribution in [0.25, 0.3) is 0 Å². The Labute approximate surface area is 82.7 Å². The molecule has 1 N–H and O–H groups in total. The van der Waals surface area contributed by atoms with E-state index in [0.717, 1.165) is 11.8 Å². The van der Waals surface area contributed by atoms with Crippen LogP contribution in [0.4, 0.5) is 0 Å². The van der Waals surface area contributed by atoms with Gasteiger partial charge in [0.1, 0.15) is 6.29 Å². The number of carbonyl (C=O) groups is 1. The second-order valence-corrected chi connectivity index (χ2v) is 3.56. The van der Waals surface area contributed by atoms with Gasteiger partial charge in [0.05, 0.1) is 6.04 Å². The Morgan fingerprint density at radius 3 is 2.38 bits per heavy atom. The van der Waals surface area contributed by atoms with Crippen LogP contribution >= 0.6 is 11.8 Å². The monoisotopic (exact) mass is 195 g/mol. The smallest absolute Gasteiger partial charge is 0.141 e. The fourth-order valence-electron chi connectivity index (χ4n) is 1.12. The van der Waals surface area contributed by atoms with Crippen molar-refractivity contribution in [1.29, 1.82) is 0 Å². The van der Waals surface area contributed by atoms with E-state index in [1.807, 2.05) is 30.5 Å². The fraction of sp³-hybridized carbons (Fsp3) is 0.300. The Morgan fingerprint density at radius 2 is 2.00 bits per heavy atom. The normalized spacial score (nSPS) is 12.5. The first-order valence-corrected chi connectivity index (χ1v) is 5.30. The van der Waals surface area contributed by atoms with Crippen LogP contribution in [0.5, 0.6) is 0 Å². The summed E-state index contributed by atoms with van der Waals surface area (Å²) in [5.74, 6) is 0. The van der Waals surface area contributed by atoms with Gasteiger partial charge in [-0.15, -0.1) is 11.8 Å². The number of aldehydes is 1. The van der Waals surface area contributed by atoms with Crippen LogP contribution in [-0.2, 0) is 4.79 Å². The lowest BCUT2D eigenvalue weighted by Crippen LogP contribution is -2.17. The Morgan fingerprint density at radius 1 is 1.38 bits per heavy atom. The quantitative estimate of drug-likeness (QED) is 0.587. The highest BCUT2D eigenvalue weighted by Crippen LogP contribution is 2.17. The maximum absolute atomic E-state index is 10.6. The van der Waals surface area contributed by atoms with Crippen molar-refractivity contribution in [2.24, 2.45) is 0 Å². The average Bonchev–Trinajstić information content (AvgIpc) is 2.21. The summed E-state index contributed by atoms with van der Waals surface area (Å²) in [5.41, 5.74) is 1.01. The van der Waals surface area contributed by atoms with E-state index >= 15 is 0 Å². The van der Waals surface area contributed by atoms with Gasteiger partial charge in [-0.3, -0.25) is 0 Å². The largest absolute Gasteiger partial charge is 0.307 e. The summed E-state index contributed by atoms with van der Waals surface area (Å²) < 4.78 is 0. The van der Waals surface area contributed by atoms with Crippen molar-refractivity contribution in [3.63, 3.8) is 0 Å². The lowest BCUT2D eigenvalue weighted by Gasteiger charge is -2.08. The average molecular weight is 195 g/mol. The molecule has 0 aromatic heterocycles. The van der Waals surface area contributed by atoms with Gasteiger partial charge in [-0.05, 0) is 31.0 Å². The molecule has 0 bridgehead atoms. The van der Waals surface area contributed by atoms with Crippen molar-refractivity contribution >= 4 is 18.0 Å². The van der Waals surface area contributed by atoms with Gasteiger partial charge in [0, 0.05) is 4.90 Å². The number of hydrogen-bond donors (Lipinski definition) is 1. The van der Waals surface area contributed by atoms with Gasteiger partial charge in [0.2, 0.25) is 0 Å². The number of nitrogens with one attached hydrogen (secondary N) is 1. The SMILES string of the molecule is CNC(C=O)c1ccc(SC)cc1. The van der Waals surface area contributed by atoms with Gasteiger partial charge >= 0.3 is 0 Å². The van der Waals surface area contributed by atoms with Crippen LogP contribution < -0.4 is 5.32 Å². The lowest BCUT2D eigenvalue weighted by atomic mass is 10.1. The minimum Gasteiger partial charge on any atom is -0.307 e. The Balaban J connectivity index is 2.83. The molecule has 1 unspecified atom stereocenters. The molecule has 0 aliphatic heterocycles. The Kier molecular flexibility index (Phi) is 3.99. The highest BCUT2D eigenvalue weighted by atomic mass is 32.2. The van der Waals surface area contributed by atoms with Gasteiger partial charge in [0.15, 0.2) is 0 Å². The third-order valence-corrected chi connectivity index (χ3v) is 2.67. The lowest BCUT2D eigenvalue weighted by molar-refractivity contribution is -0.109. The van der Waals surface area contributed by atoms with E-state index < -0.39 is 0 Å². The van der Waals surface area contributed by atoms with E-state index in [1.54, 1.807) is 18.8 Å². The van der Waals surface area contributed by atoms with Crippen LogP contribution in [0.1, 0.15) is 11.6 Å². The summed E-state index contributed by atoms with van der Waals surface area (Å²) in [4.78, 5) is 11.8. The van der Waals surface area contributed by atoms with Gasteiger partial charge in [-0.2, -0.15) is 0 Å². The van der Waals surface area contributed by atoms with Crippen LogP contribution in [0.2, 0.25) is 0 Å². The first kappa shape index (κ1) is 10.3. The number of hydrogen-bond acceptors (Lipinski definition) is 3. The zero-order chi connectivity index (χ0) is 9.68. The number of rotatable bonds is 4. The first-order chi connectivity index (χ1) is 6.31.